The molecule has 0 saturated heterocycles. The van der Waals surface area contributed by atoms with Crippen LogP contribution >= 0.6 is 0 Å². The Morgan fingerprint density at radius 1 is 1.25 bits per heavy atom. The van der Waals surface area contributed by atoms with E-state index in [1.165, 1.54) is 31.9 Å². The Morgan fingerprint density at radius 3 is 2.38 bits per heavy atom. The molecular formula is C12H25NO2S. The molecule has 1 atom stereocenters. The van der Waals surface area contributed by atoms with Crippen molar-refractivity contribution < 1.29 is 8.42 Å². The summed E-state index contributed by atoms with van der Waals surface area (Å²) >= 11 is 0. The van der Waals surface area contributed by atoms with E-state index in [2.05, 4.69) is 5.32 Å². The molecule has 1 saturated carbocycles. The van der Waals surface area contributed by atoms with Gasteiger partial charge in [-0.2, -0.15) is 0 Å². The Labute approximate surface area is 99.9 Å². The highest BCUT2D eigenvalue weighted by molar-refractivity contribution is 7.90. The summed E-state index contributed by atoms with van der Waals surface area (Å²) in [6, 6.07) is 0.599. The molecule has 1 aliphatic rings. The number of rotatable bonds is 7. The standard InChI is InChI=1S/C12H25NO2S/c1-13-12(11-7-3-4-8-11)9-5-6-10-16(2,14)15/h11-13H,3-10H2,1-2H3. The van der Waals surface area contributed by atoms with Gasteiger partial charge in [0, 0.05) is 18.1 Å². The molecule has 0 aromatic heterocycles. The van der Waals surface area contributed by atoms with E-state index in [1.54, 1.807) is 0 Å². The first-order valence-electron chi connectivity index (χ1n) is 6.38. The van der Waals surface area contributed by atoms with E-state index in [0.717, 1.165) is 25.2 Å². The smallest absolute Gasteiger partial charge is 0.147 e. The second-order valence-electron chi connectivity index (χ2n) is 5.07. The lowest BCUT2D eigenvalue weighted by Crippen LogP contribution is -2.32. The first-order valence-corrected chi connectivity index (χ1v) is 8.44. The normalized spacial score (nSPS) is 20.1. The largest absolute Gasteiger partial charge is 0.317 e. The van der Waals surface area contributed by atoms with Gasteiger partial charge in [0.05, 0.1) is 0 Å². The number of nitrogens with one attached hydrogen (secondary N) is 1. The van der Waals surface area contributed by atoms with Crippen molar-refractivity contribution in [3.05, 3.63) is 0 Å². The molecular weight excluding hydrogens is 222 g/mol. The van der Waals surface area contributed by atoms with Gasteiger partial charge in [-0.1, -0.05) is 19.3 Å². The van der Waals surface area contributed by atoms with Crippen LogP contribution in [0.25, 0.3) is 0 Å². The molecule has 0 aromatic carbocycles. The lowest BCUT2D eigenvalue weighted by atomic mass is 9.94. The molecule has 0 spiro atoms. The summed E-state index contributed by atoms with van der Waals surface area (Å²) in [5.74, 6) is 1.16. The quantitative estimate of drug-likeness (QED) is 0.700. The van der Waals surface area contributed by atoms with Crippen LogP contribution in [0.3, 0.4) is 0 Å². The van der Waals surface area contributed by atoms with Gasteiger partial charge in [-0.25, -0.2) is 8.42 Å². The molecule has 0 aromatic rings. The van der Waals surface area contributed by atoms with Gasteiger partial charge < -0.3 is 5.32 Å². The van der Waals surface area contributed by atoms with Gasteiger partial charge in [0.15, 0.2) is 0 Å². The molecule has 1 fully saturated rings. The van der Waals surface area contributed by atoms with Crippen LogP contribution in [-0.4, -0.2) is 33.5 Å². The van der Waals surface area contributed by atoms with Crippen LogP contribution in [-0.2, 0) is 9.84 Å². The SMILES string of the molecule is CNC(CCCCS(C)(=O)=O)C1CCCC1. The van der Waals surface area contributed by atoms with Gasteiger partial charge in [-0.05, 0) is 38.6 Å². The Morgan fingerprint density at radius 2 is 1.88 bits per heavy atom. The monoisotopic (exact) mass is 247 g/mol. The van der Waals surface area contributed by atoms with E-state index >= 15 is 0 Å². The molecule has 3 nitrogen and oxygen atoms in total. The Bertz CT molecular complexity index is 281. The number of unbranched alkanes of at least 4 members (excludes halogenated alkanes) is 1. The minimum absolute atomic E-state index is 0.341. The fraction of sp³-hybridized carbons (Fsp3) is 1.00. The van der Waals surface area contributed by atoms with Crippen LogP contribution in [0.5, 0.6) is 0 Å². The zero-order valence-electron chi connectivity index (χ0n) is 10.5. The molecule has 0 amide bonds. The molecule has 16 heavy (non-hydrogen) atoms. The Kier molecular flexibility index (Phi) is 5.76. The van der Waals surface area contributed by atoms with E-state index in [4.69, 9.17) is 0 Å². The molecule has 1 rings (SSSR count). The molecule has 1 aliphatic carbocycles. The maximum Gasteiger partial charge on any atom is 0.147 e. The summed E-state index contributed by atoms with van der Waals surface area (Å²) in [6.45, 7) is 0. The van der Waals surface area contributed by atoms with Gasteiger partial charge in [0.2, 0.25) is 0 Å². The molecule has 0 aliphatic heterocycles. The fourth-order valence-corrected chi connectivity index (χ4v) is 3.43. The second kappa shape index (κ2) is 6.60. The average Bonchev–Trinajstić information content (AvgIpc) is 2.69. The van der Waals surface area contributed by atoms with Crippen molar-refractivity contribution in [2.75, 3.05) is 19.1 Å². The zero-order chi connectivity index (χ0) is 12.0. The predicted octanol–water partition coefficient (Wildman–Crippen LogP) is 1.98. The number of hydrogen-bond acceptors (Lipinski definition) is 3. The maximum atomic E-state index is 11.0. The summed E-state index contributed by atoms with van der Waals surface area (Å²) < 4.78 is 22.0. The van der Waals surface area contributed by atoms with Crippen molar-refractivity contribution in [2.24, 2.45) is 5.92 Å². The summed E-state index contributed by atoms with van der Waals surface area (Å²) in [7, 11) is -0.741. The van der Waals surface area contributed by atoms with Crippen LogP contribution in [0.4, 0.5) is 0 Å². The van der Waals surface area contributed by atoms with Crippen LogP contribution in [0.2, 0.25) is 0 Å². The average molecular weight is 247 g/mol. The third kappa shape index (κ3) is 5.30. The summed E-state index contributed by atoms with van der Waals surface area (Å²) in [5.41, 5.74) is 0. The number of hydrogen-bond donors (Lipinski definition) is 1. The molecule has 4 heteroatoms. The summed E-state index contributed by atoms with van der Waals surface area (Å²) in [4.78, 5) is 0. The van der Waals surface area contributed by atoms with Gasteiger partial charge in [0.25, 0.3) is 0 Å². The zero-order valence-corrected chi connectivity index (χ0v) is 11.4. The van der Waals surface area contributed by atoms with E-state index in [9.17, 15) is 8.42 Å². The third-order valence-electron chi connectivity index (χ3n) is 3.62. The highest BCUT2D eigenvalue weighted by Gasteiger charge is 2.23. The minimum Gasteiger partial charge on any atom is -0.317 e. The third-order valence-corrected chi connectivity index (χ3v) is 4.65. The maximum absolute atomic E-state index is 11.0. The lowest BCUT2D eigenvalue weighted by molar-refractivity contribution is 0.352. The first-order chi connectivity index (χ1) is 7.53. The van der Waals surface area contributed by atoms with E-state index in [0.29, 0.717) is 11.8 Å². The van der Waals surface area contributed by atoms with Crippen molar-refractivity contribution in [1.29, 1.82) is 0 Å². The van der Waals surface area contributed by atoms with Crippen molar-refractivity contribution in [1.82, 2.24) is 5.32 Å². The number of sulfone groups is 1. The first kappa shape index (κ1) is 14.0. The van der Waals surface area contributed by atoms with Crippen LogP contribution < -0.4 is 5.32 Å². The second-order valence-corrected chi connectivity index (χ2v) is 7.33. The van der Waals surface area contributed by atoms with E-state index < -0.39 is 9.84 Å². The van der Waals surface area contributed by atoms with E-state index in [-0.39, 0.29) is 0 Å². The van der Waals surface area contributed by atoms with Crippen molar-refractivity contribution in [3.63, 3.8) is 0 Å². The molecule has 1 N–H and O–H groups in total. The topological polar surface area (TPSA) is 46.2 Å². The summed E-state index contributed by atoms with van der Waals surface area (Å²) in [6.07, 6.45) is 9.70. The fourth-order valence-electron chi connectivity index (χ4n) is 2.70. The molecule has 0 bridgehead atoms. The van der Waals surface area contributed by atoms with Gasteiger partial charge in [-0.15, -0.1) is 0 Å². The van der Waals surface area contributed by atoms with Gasteiger partial charge >= 0.3 is 0 Å². The minimum atomic E-state index is -2.77. The molecule has 0 heterocycles. The van der Waals surface area contributed by atoms with Crippen molar-refractivity contribution >= 4 is 9.84 Å². The highest BCUT2D eigenvalue weighted by Crippen LogP contribution is 2.29. The highest BCUT2D eigenvalue weighted by atomic mass is 32.2. The Hall–Kier alpha value is -0.0900. The van der Waals surface area contributed by atoms with Crippen LogP contribution in [0.15, 0.2) is 0 Å². The van der Waals surface area contributed by atoms with E-state index in [1.807, 2.05) is 7.05 Å². The van der Waals surface area contributed by atoms with Gasteiger partial charge in [0.1, 0.15) is 9.84 Å². The van der Waals surface area contributed by atoms with Gasteiger partial charge in [-0.3, -0.25) is 0 Å². The van der Waals surface area contributed by atoms with Crippen molar-refractivity contribution in [3.8, 4) is 0 Å². The van der Waals surface area contributed by atoms with Crippen LogP contribution in [0, 0.1) is 5.92 Å². The molecule has 0 radical (unpaired) electrons. The lowest BCUT2D eigenvalue weighted by Gasteiger charge is -2.22. The predicted molar refractivity (Wildman–Crippen MR) is 68.4 cm³/mol. The molecule has 1 unspecified atom stereocenters. The molecule has 96 valence electrons. The van der Waals surface area contributed by atoms with Crippen molar-refractivity contribution in [2.45, 2.75) is 51.0 Å². The summed E-state index contributed by atoms with van der Waals surface area (Å²) in [5, 5.41) is 3.39. The van der Waals surface area contributed by atoms with Crippen LogP contribution in [0.1, 0.15) is 44.9 Å². The Balaban J connectivity index is 2.18.